The summed E-state index contributed by atoms with van der Waals surface area (Å²) in [5.41, 5.74) is 0. The number of likely N-dealkylation sites (tertiary alicyclic amines) is 1. The van der Waals surface area contributed by atoms with Gasteiger partial charge < -0.3 is 4.85 Å². The first-order valence-corrected chi connectivity index (χ1v) is 6.01. The third kappa shape index (κ3) is 2.09. The molecule has 0 amide bonds. The predicted molar refractivity (Wildman–Crippen MR) is 58.1 cm³/mol. The standard InChI is InChI=1S/C12H20N2/c1-13-10-12-8-4-5-9-14(12)11-6-2-3-7-11/h11-12H,2-10H2. The Bertz CT molecular complexity index is 213. The number of rotatable bonds is 2. The third-order valence-electron chi connectivity index (χ3n) is 3.77. The fourth-order valence-corrected chi connectivity index (χ4v) is 3.04. The van der Waals surface area contributed by atoms with E-state index in [4.69, 9.17) is 6.57 Å². The topological polar surface area (TPSA) is 7.60 Å². The number of nitrogens with zero attached hydrogens (tertiary/aromatic N) is 2. The minimum absolute atomic E-state index is 0.587. The molecule has 0 bridgehead atoms. The van der Waals surface area contributed by atoms with Crippen molar-refractivity contribution in [1.29, 1.82) is 0 Å². The van der Waals surface area contributed by atoms with Gasteiger partial charge in [-0.25, -0.2) is 6.57 Å². The summed E-state index contributed by atoms with van der Waals surface area (Å²) < 4.78 is 0. The summed E-state index contributed by atoms with van der Waals surface area (Å²) in [5, 5.41) is 0. The normalized spacial score (nSPS) is 30.4. The van der Waals surface area contributed by atoms with Crippen LogP contribution in [0.3, 0.4) is 0 Å². The highest BCUT2D eigenvalue weighted by Crippen LogP contribution is 2.29. The number of hydrogen-bond donors (Lipinski definition) is 0. The van der Waals surface area contributed by atoms with Gasteiger partial charge in [-0.2, -0.15) is 0 Å². The highest BCUT2D eigenvalue weighted by Gasteiger charge is 2.31. The maximum absolute atomic E-state index is 7.00. The van der Waals surface area contributed by atoms with Crippen LogP contribution >= 0.6 is 0 Å². The third-order valence-corrected chi connectivity index (χ3v) is 3.77. The quantitative estimate of drug-likeness (QED) is 0.610. The zero-order chi connectivity index (χ0) is 9.80. The molecule has 1 atom stereocenters. The molecule has 2 nitrogen and oxygen atoms in total. The average Bonchev–Trinajstić information content (AvgIpc) is 2.72. The van der Waals surface area contributed by atoms with E-state index in [9.17, 15) is 0 Å². The molecule has 1 unspecified atom stereocenters. The van der Waals surface area contributed by atoms with Gasteiger partial charge in [-0.15, -0.1) is 0 Å². The Morgan fingerprint density at radius 2 is 1.79 bits per heavy atom. The number of hydrogen-bond acceptors (Lipinski definition) is 1. The van der Waals surface area contributed by atoms with E-state index in [1.54, 1.807) is 0 Å². The van der Waals surface area contributed by atoms with Crippen molar-refractivity contribution >= 4 is 0 Å². The summed E-state index contributed by atoms with van der Waals surface area (Å²) in [5.74, 6) is 0. The molecule has 0 aromatic rings. The van der Waals surface area contributed by atoms with Gasteiger partial charge in [-0.3, -0.25) is 4.90 Å². The smallest absolute Gasteiger partial charge is 0.229 e. The van der Waals surface area contributed by atoms with Crippen LogP contribution in [0.5, 0.6) is 0 Å². The molecule has 1 heterocycles. The van der Waals surface area contributed by atoms with Crippen molar-refractivity contribution in [1.82, 2.24) is 4.90 Å². The Kier molecular flexibility index (Phi) is 3.42. The van der Waals surface area contributed by atoms with Gasteiger partial charge in [-0.1, -0.05) is 19.3 Å². The zero-order valence-corrected chi connectivity index (χ0v) is 8.91. The van der Waals surface area contributed by atoms with Crippen LogP contribution in [0.1, 0.15) is 44.9 Å². The van der Waals surface area contributed by atoms with Crippen LogP contribution in [0, 0.1) is 6.57 Å². The van der Waals surface area contributed by atoms with E-state index >= 15 is 0 Å². The van der Waals surface area contributed by atoms with Crippen LogP contribution in [-0.4, -0.2) is 30.1 Å². The second-order valence-electron chi connectivity index (χ2n) is 4.67. The molecule has 0 N–H and O–H groups in total. The van der Waals surface area contributed by atoms with Crippen LogP contribution in [0.25, 0.3) is 4.85 Å². The van der Waals surface area contributed by atoms with Crippen molar-refractivity contribution in [2.45, 2.75) is 57.0 Å². The van der Waals surface area contributed by atoms with E-state index in [1.165, 1.54) is 51.5 Å². The summed E-state index contributed by atoms with van der Waals surface area (Å²) in [4.78, 5) is 6.24. The molecule has 1 saturated carbocycles. The Morgan fingerprint density at radius 3 is 2.50 bits per heavy atom. The number of piperidine rings is 1. The van der Waals surface area contributed by atoms with Crippen LogP contribution in [-0.2, 0) is 0 Å². The molecule has 2 rings (SSSR count). The summed E-state index contributed by atoms with van der Waals surface area (Å²) in [6.45, 7) is 8.99. The minimum Gasteiger partial charge on any atom is -0.315 e. The summed E-state index contributed by atoms with van der Waals surface area (Å²) in [6, 6.07) is 1.41. The highest BCUT2D eigenvalue weighted by molar-refractivity contribution is 4.89. The molecule has 0 radical (unpaired) electrons. The molecule has 0 spiro atoms. The molecule has 78 valence electrons. The zero-order valence-electron chi connectivity index (χ0n) is 8.91. The summed E-state index contributed by atoms with van der Waals surface area (Å²) >= 11 is 0. The van der Waals surface area contributed by atoms with E-state index in [2.05, 4.69) is 9.74 Å². The maximum atomic E-state index is 7.00. The molecule has 1 saturated heterocycles. The van der Waals surface area contributed by atoms with E-state index in [1.807, 2.05) is 0 Å². The van der Waals surface area contributed by atoms with Crippen LogP contribution in [0.2, 0.25) is 0 Å². The van der Waals surface area contributed by atoms with Crippen LogP contribution < -0.4 is 0 Å². The molecule has 2 aliphatic rings. The summed E-state index contributed by atoms with van der Waals surface area (Å²) in [7, 11) is 0. The molecular formula is C12H20N2. The summed E-state index contributed by atoms with van der Waals surface area (Å²) in [6.07, 6.45) is 9.54. The van der Waals surface area contributed by atoms with Gasteiger partial charge in [0.1, 0.15) is 0 Å². The fraction of sp³-hybridized carbons (Fsp3) is 0.917. The highest BCUT2D eigenvalue weighted by atomic mass is 15.2. The second-order valence-corrected chi connectivity index (χ2v) is 4.67. The molecule has 0 aromatic carbocycles. The average molecular weight is 192 g/mol. The molecule has 2 fully saturated rings. The Hall–Kier alpha value is -0.550. The van der Waals surface area contributed by atoms with Crippen molar-refractivity contribution in [3.05, 3.63) is 11.4 Å². The van der Waals surface area contributed by atoms with E-state index in [-0.39, 0.29) is 0 Å². The molecule has 1 aliphatic heterocycles. The molecule has 2 heteroatoms. The molecular weight excluding hydrogens is 172 g/mol. The lowest BCUT2D eigenvalue weighted by Gasteiger charge is -2.37. The lowest BCUT2D eigenvalue weighted by molar-refractivity contribution is 0.106. The Balaban J connectivity index is 1.95. The van der Waals surface area contributed by atoms with Crippen molar-refractivity contribution in [2.24, 2.45) is 0 Å². The van der Waals surface area contributed by atoms with E-state index in [0.29, 0.717) is 6.04 Å². The van der Waals surface area contributed by atoms with Crippen LogP contribution in [0.4, 0.5) is 0 Å². The van der Waals surface area contributed by atoms with Gasteiger partial charge in [0.05, 0.1) is 6.04 Å². The molecule has 14 heavy (non-hydrogen) atoms. The van der Waals surface area contributed by atoms with Gasteiger partial charge in [0, 0.05) is 6.04 Å². The first-order valence-electron chi connectivity index (χ1n) is 6.01. The van der Waals surface area contributed by atoms with Crippen LogP contribution in [0.15, 0.2) is 0 Å². The van der Waals surface area contributed by atoms with Crippen molar-refractivity contribution in [3.63, 3.8) is 0 Å². The van der Waals surface area contributed by atoms with Gasteiger partial charge in [0.15, 0.2) is 0 Å². The lowest BCUT2D eigenvalue weighted by Crippen LogP contribution is -2.46. The van der Waals surface area contributed by atoms with E-state index in [0.717, 1.165) is 12.6 Å². The largest absolute Gasteiger partial charge is 0.315 e. The Morgan fingerprint density at radius 1 is 1.07 bits per heavy atom. The molecule has 1 aliphatic carbocycles. The van der Waals surface area contributed by atoms with Gasteiger partial charge in [-0.05, 0) is 32.2 Å². The second kappa shape index (κ2) is 4.79. The first kappa shape index (κ1) is 9.98. The van der Waals surface area contributed by atoms with Crippen molar-refractivity contribution in [3.8, 4) is 0 Å². The monoisotopic (exact) mass is 192 g/mol. The van der Waals surface area contributed by atoms with Gasteiger partial charge in [0.25, 0.3) is 0 Å². The van der Waals surface area contributed by atoms with Gasteiger partial charge in [0.2, 0.25) is 6.54 Å². The fourth-order valence-electron chi connectivity index (χ4n) is 3.04. The van der Waals surface area contributed by atoms with Crippen molar-refractivity contribution in [2.75, 3.05) is 13.1 Å². The molecule has 0 aromatic heterocycles. The van der Waals surface area contributed by atoms with Gasteiger partial charge >= 0.3 is 0 Å². The SMILES string of the molecule is [C-]#[N+]CC1CCCCN1C1CCCC1. The lowest BCUT2D eigenvalue weighted by atomic mass is 9.99. The maximum Gasteiger partial charge on any atom is 0.229 e. The predicted octanol–water partition coefficient (Wildman–Crippen LogP) is 2.70. The minimum atomic E-state index is 0.587. The first-order chi connectivity index (χ1) is 6.92. The van der Waals surface area contributed by atoms with Crippen molar-refractivity contribution < 1.29 is 0 Å². The Labute approximate surface area is 87.1 Å². The van der Waals surface area contributed by atoms with E-state index < -0.39 is 0 Å².